The van der Waals surface area contributed by atoms with Gasteiger partial charge in [0, 0.05) is 22.8 Å². The predicted octanol–water partition coefficient (Wildman–Crippen LogP) is -0.0496. The smallest absolute Gasteiger partial charge is 0.490 e. The second-order valence-corrected chi connectivity index (χ2v) is 4.29. The third kappa shape index (κ3) is 4.06. The molecule has 1 aromatic heterocycles. The maximum absolute atomic E-state index is 11.6. The van der Waals surface area contributed by atoms with E-state index in [0.717, 1.165) is 35.4 Å². The summed E-state index contributed by atoms with van der Waals surface area (Å²) in [5.74, 6) is -1.57. The number of phenols is 1. The highest BCUT2D eigenvalue weighted by Crippen LogP contribution is 2.21. The quantitative estimate of drug-likeness (QED) is 0.419. The van der Waals surface area contributed by atoms with Gasteiger partial charge in [-0.3, -0.25) is 14.9 Å². The summed E-state index contributed by atoms with van der Waals surface area (Å²) in [5.41, 5.74) is 1.86. The Morgan fingerprint density at radius 3 is 2.75 bits per heavy atom. The maximum Gasteiger partial charge on any atom is 0.490 e. The highest BCUT2D eigenvalue weighted by molar-refractivity contribution is 5.85. The van der Waals surface area contributed by atoms with Gasteiger partial charge in [-0.15, -0.1) is 0 Å². The van der Waals surface area contributed by atoms with Gasteiger partial charge in [0.15, 0.2) is 0 Å². The zero-order valence-corrected chi connectivity index (χ0v) is 11.8. The number of amides is 1. The molecule has 0 bridgehead atoms. The van der Waals surface area contributed by atoms with E-state index in [9.17, 15) is 30.1 Å². The minimum Gasteiger partial charge on any atom is -0.507 e. The van der Waals surface area contributed by atoms with Crippen molar-refractivity contribution in [1.82, 2.24) is 20.2 Å². The molecule has 0 saturated heterocycles. The van der Waals surface area contributed by atoms with Crippen molar-refractivity contribution in [3.05, 3.63) is 50.3 Å². The number of nitro benzene ring substituents is 1. The van der Waals surface area contributed by atoms with Crippen LogP contribution in [-0.2, 0) is 11.3 Å². The van der Waals surface area contributed by atoms with Gasteiger partial charge in [-0.1, -0.05) is 4.98 Å². The lowest BCUT2D eigenvalue weighted by Crippen LogP contribution is -2.23. The van der Waals surface area contributed by atoms with Crippen molar-refractivity contribution in [1.29, 1.82) is 0 Å². The van der Waals surface area contributed by atoms with Gasteiger partial charge in [-0.2, -0.15) is 9.78 Å². The predicted molar refractivity (Wildman–Crippen MR) is 77.2 cm³/mol. The molecule has 0 fully saturated rings. The van der Waals surface area contributed by atoms with Crippen molar-refractivity contribution in [2.75, 3.05) is 0 Å². The van der Waals surface area contributed by atoms with Crippen LogP contribution in [0.25, 0.3) is 0 Å². The van der Waals surface area contributed by atoms with Gasteiger partial charge in [0.25, 0.3) is 11.6 Å². The van der Waals surface area contributed by atoms with E-state index < -0.39 is 21.7 Å². The first-order valence-corrected chi connectivity index (χ1v) is 6.20. The molecular formula is C11H9N7O6. The largest absolute Gasteiger partial charge is 0.507 e. The highest BCUT2D eigenvalue weighted by Gasteiger charge is 2.15. The Bertz CT molecular complexity index is 830. The molecular weight excluding hydrogens is 326 g/mol. The fraction of sp³-hybridized carbons (Fsp3) is 0.0909. The van der Waals surface area contributed by atoms with E-state index in [-0.39, 0.29) is 23.5 Å². The van der Waals surface area contributed by atoms with Gasteiger partial charge < -0.3 is 15.2 Å². The standard InChI is InChI=1S/C11H9N7O6/c19-9-2-1-8(17(21)22)3-7(9)4-13-14-10(20)5-16-6-12-11(15-16)18(23)24/h1-4,6,19H,5H2,(H,14,20)/b13-4-. The summed E-state index contributed by atoms with van der Waals surface area (Å²) in [5, 5.41) is 37.6. The second-order valence-electron chi connectivity index (χ2n) is 4.29. The van der Waals surface area contributed by atoms with Crippen molar-refractivity contribution in [2.45, 2.75) is 6.54 Å². The van der Waals surface area contributed by atoms with Gasteiger partial charge in [-0.25, -0.2) is 5.43 Å². The Balaban J connectivity index is 1.98. The van der Waals surface area contributed by atoms with Crippen LogP contribution in [0, 0.1) is 20.2 Å². The lowest BCUT2D eigenvalue weighted by molar-refractivity contribution is -0.394. The van der Waals surface area contributed by atoms with E-state index in [1.54, 1.807) is 0 Å². The SMILES string of the molecule is O=C(Cn1cnc([N+](=O)[O-])n1)N/N=C\c1cc([N+](=O)[O-])ccc1O. The van der Waals surface area contributed by atoms with E-state index in [0.29, 0.717) is 0 Å². The third-order valence-corrected chi connectivity index (χ3v) is 2.61. The molecule has 124 valence electrons. The average Bonchev–Trinajstić information content (AvgIpc) is 2.97. The minimum atomic E-state index is -0.808. The molecule has 0 spiro atoms. The van der Waals surface area contributed by atoms with Gasteiger partial charge >= 0.3 is 5.95 Å². The number of nitrogens with one attached hydrogen (secondary N) is 1. The molecule has 0 aliphatic heterocycles. The van der Waals surface area contributed by atoms with Crippen LogP contribution >= 0.6 is 0 Å². The summed E-state index contributed by atoms with van der Waals surface area (Å²) in [7, 11) is 0. The lowest BCUT2D eigenvalue weighted by Gasteiger charge is -1.99. The number of nitrogens with zero attached hydrogens (tertiary/aromatic N) is 6. The Kier molecular flexibility index (Phi) is 4.74. The van der Waals surface area contributed by atoms with Crippen molar-refractivity contribution in [3.63, 3.8) is 0 Å². The number of benzene rings is 1. The molecule has 0 aliphatic rings. The average molecular weight is 335 g/mol. The molecule has 0 aliphatic carbocycles. The van der Waals surface area contributed by atoms with Gasteiger partial charge in [0.05, 0.1) is 11.1 Å². The second kappa shape index (κ2) is 6.91. The van der Waals surface area contributed by atoms with Crippen LogP contribution in [0.2, 0.25) is 0 Å². The number of aromatic nitrogens is 3. The van der Waals surface area contributed by atoms with Crippen LogP contribution in [0.3, 0.4) is 0 Å². The fourth-order valence-corrected chi connectivity index (χ4v) is 1.56. The number of rotatable bonds is 6. The number of hydrogen-bond donors (Lipinski definition) is 2. The van der Waals surface area contributed by atoms with E-state index in [1.165, 1.54) is 0 Å². The zero-order chi connectivity index (χ0) is 17.7. The van der Waals surface area contributed by atoms with Crippen LogP contribution in [0.5, 0.6) is 5.75 Å². The monoisotopic (exact) mass is 335 g/mol. The Hall–Kier alpha value is -3.90. The lowest BCUT2D eigenvalue weighted by atomic mass is 10.2. The molecule has 2 aromatic rings. The van der Waals surface area contributed by atoms with Crippen LogP contribution in [0.4, 0.5) is 11.6 Å². The summed E-state index contributed by atoms with van der Waals surface area (Å²) < 4.78 is 0.938. The zero-order valence-electron chi connectivity index (χ0n) is 11.8. The van der Waals surface area contributed by atoms with Crippen LogP contribution in [-0.4, -0.2) is 41.8 Å². The third-order valence-electron chi connectivity index (χ3n) is 2.61. The van der Waals surface area contributed by atoms with Crippen LogP contribution in [0.1, 0.15) is 5.56 Å². The van der Waals surface area contributed by atoms with Crippen LogP contribution < -0.4 is 5.43 Å². The van der Waals surface area contributed by atoms with Crippen LogP contribution in [0.15, 0.2) is 29.6 Å². The number of hydrogen-bond acceptors (Lipinski definition) is 9. The number of nitro groups is 2. The molecule has 2 N–H and O–H groups in total. The molecule has 13 nitrogen and oxygen atoms in total. The summed E-state index contributed by atoms with van der Waals surface area (Å²) in [4.78, 5) is 34.6. The molecule has 0 radical (unpaired) electrons. The molecule has 1 amide bonds. The Morgan fingerprint density at radius 1 is 1.38 bits per heavy atom. The summed E-state index contributed by atoms with van der Waals surface area (Å²) in [6, 6.07) is 3.31. The van der Waals surface area contributed by atoms with E-state index in [4.69, 9.17) is 0 Å². The van der Waals surface area contributed by atoms with Crippen molar-refractivity contribution < 1.29 is 19.7 Å². The molecule has 1 heterocycles. The number of phenolic OH excluding ortho intramolecular Hbond substituents is 1. The topological polar surface area (TPSA) is 179 Å². The minimum absolute atomic E-state index is 0.0286. The molecule has 0 unspecified atom stereocenters. The summed E-state index contributed by atoms with van der Waals surface area (Å²) in [6.07, 6.45) is 2.03. The van der Waals surface area contributed by atoms with Gasteiger partial charge in [-0.05, 0) is 11.0 Å². The first-order valence-electron chi connectivity index (χ1n) is 6.20. The molecule has 13 heteroatoms. The maximum atomic E-state index is 11.6. The number of hydrazone groups is 1. The molecule has 2 rings (SSSR count). The van der Waals surface area contributed by atoms with E-state index >= 15 is 0 Å². The number of carbonyl (C=O) groups is 1. The Morgan fingerprint density at radius 2 is 2.12 bits per heavy atom. The van der Waals surface area contributed by atoms with Gasteiger partial charge in [0.2, 0.25) is 6.33 Å². The summed E-state index contributed by atoms with van der Waals surface area (Å²) >= 11 is 0. The Labute approximate surface area is 132 Å². The molecule has 1 aromatic carbocycles. The summed E-state index contributed by atoms with van der Waals surface area (Å²) in [6.45, 7) is -0.376. The number of non-ortho nitro benzene ring substituents is 1. The van der Waals surface area contributed by atoms with Crippen molar-refractivity contribution in [2.24, 2.45) is 5.10 Å². The first-order chi connectivity index (χ1) is 11.4. The highest BCUT2D eigenvalue weighted by atomic mass is 16.6. The number of aromatic hydroxyl groups is 1. The van der Waals surface area contributed by atoms with Gasteiger partial charge in [0.1, 0.15) is 12.3 Å². The van der Waals surface area contributed by atoms with Crippen molar-refractivity contribution >= 4 is 23.8 Å². The normalized spacial score (nSPS) is 10.7. The molecule has 0 atom stereocenters. The fourth-order valence-electron chi connectivity index (χ4n) is 1.56. The van der Waals surface area contributed by atoms with Crippen molar-refractivity contribution in [3.8, 4) is 5.75 Å². The van der Waals surface area contributed by atoms with E-state index in [2.05, 4.69) is 20.6 Å². The number of carbonyl (C=O) groups excluding carboxylic acids is 1. The first kappa shape index (κ1) is 16.5. The molecule has 0 saturated carbocycles. The van der Waals surface area contributed by atoms with E-state index in [1.807, 2.05) is 0 Å². The molecule has 24 heavy (non-hydrogen) atoms.